The Morgan fingerprint density at radius 1 is 1.39 bits per heavy atom. The normalized spacial score (nSPS) is 21.0. The van der Waals surface area contributed by atoms with Gasteiger partial charge in [-0.1, -0.05) is 20.8 Å². The third-order valence-corrected chi connectivity index (χ3v) is 4.04. The molecule has 1 aliphatic rings. The molecule has 0 aromatic carbocycles. The summed E-state index contributed by atoms with van der Waals surface area (Å²) in [6, 6.07) is 0. The lowest BCUT2D eigenvalue weighted by Crippen LogP contribution is -2.25. The van der Waals surface area contributed by atoms with Crippen LogP contribution in [0, 0.1) is 5.92 Å². The van der Waals surface area contributed by atoms with Gasteiger partial charge in [-0.05, 0) is 26.4 Å². The van der Waals surface area contributed by atoms with Crippen molar-refractivity contribution in [1.29, 1.82) is 0 Å². The van der Waals surface area contributed by atoms with Crippen LogP contribution in [0.3, 0.4) is 0 Å². The van der Waals surface area contributed by atoms with Gasteiger partial charge in [0.05, 0.1) is 0 Å². The van der Waals surface area contributed by atoms with Crippen LogP contribution < -0.4 is 4.90 Å². The Balaban J connectivity index is 1.99. The minimum absolute atomic E-state index is 0.0531. The lowest BCUT2D eigenvalue weighted by atomic mass is 9.96. The summed E-state index contributed by atoms with van der Waals surface area (Å²) in [7, 11) is 4.29. The van der Waals surface area contributed by atoms with Gasteiger partial charge in [0.2, 0.25) is 5.13 Å². The fourth-order valence-corrected chi connectivity index (χ4v) is 3.21. The summed E-state index contributed by atoms with van der Waals surface area (Å²) >= 11 is 1.55. The first-order valence-corrected chi connectivity index (χ1v) is 7.37. The van der Waals surface area contributed by atoms with E-state index in [2.05, 4.69) is 49.0 Å². The van der Waals surface area contributed by atoms with Crippen molar-refractivity contribution in [1.82, 2.24) is 14.3 Å². The van der Waals surface area contributed by atoms with Crippen molar-refractivity contribution in [2.75, 3.05) is 38.6 Å². The molecule has 0 aliphatic carbocycles. The zero-order valence-electron chi connectivity index (χ0n) is 12.1. The molecule has 0 N–H and O–H groups in total. The zero-order valence-corrected chi connectivity index (χ0v) is 12.9. The van der Waals surface area contributed by atoms with Crippen LogP contribution in [-0.4, -0.2) is 48.0 Å². The third kappa shape index (κ3) is 3.20. The van der Waals surface area contributed by atoms with Gasteiger partial charge in [-0.3, -0.25) is 0 Å². The predicted molar refractivity (Wildman–Crippen MR) is 77.5 cm³/mol. The number of nitrogens with zero attached hydrogens (tertiary/aromatic N) is 4. The van der Waals surface area contributed by atoms with Gasteiger partial charge in [0.1, 0.15) is 5.82 Å². The number of hydrogen-bond acceptors (Lipinski definition) is 5. The monoisotopic (exact) mass is 268 g/mol. The van der Waals surface area contributed by atoms with E-state index in [4.69, 9.17) is 4.98 Å². The minimum Gasteiger partial charge on any atom is -0.347 e. The first kappa shape index (κ1) is 13.7. The van der Waals surface area contributed by atoms with E-state index in [0.29, 0.717) is 0 Å². The third-order valence-electron chi connectivity index (χ3n) is 3.27. The quantitative estimate of drug-likeness (QED) is 0.841. The molecule has 1 aromatic heterocycles. The lowest BCUT2D eigenvalue weighted by Gasteiger charge is -2.17. The number of rotatable bonds is 3. The molecule has 0 amide bonds. The van der Waals surface area contributed by atoms with E-state index in [0.717, 1.165) is 30.0 Å². The molecule has 1 saturated heterocycles. The Morgan fingerprint density at radius 3 is 2.67 bits per heavy atom. The Bertz CT molecular complexity index is 394. The molecule has 5 heteroatoms. The number of aromatic nitrogens is 2. The molecular weight excluding hydrogens is 244 g/mol. The second kappa shape index (κ2) is 5.13. The summed E-state index contributed by atoms with van der Waals surface area (Å²) < 4.78 is 4.50. The number of hydrogen-bond donors (Lipinski definition) is 0. The van der Waals surface area contributed by atoms with Crippen molar-refractivity contribution in [3.05, 3.63) is 5.82 Å². The van der Waals surface area contributed by atoms with Crippen molar-refractivity contribution in [2.45, 2.75) is 32.6 Å². The molecule has 2 heterocycles. The van der Waals surface area contributed by atoms with Crippen LogP contribution >= 0.6 is 11.5 Å². The van der Waals surface area contributed by atoms with E-state index in [1.165, 1.54) is 13.0 Å². The highest BCUT2D eigenvalue weighted by atomic mass is 32.1. The molecule has 0 bridgehead atoms. The lowest BCUT2D eigenvalue weighted by molar-refractivity contribution is 0.340. The number of anilines is 1. The SMILES string of the molecule is CN(C)CC1CCN(c2nc(C(C)(C)C)ns2)C1. The second-order valence-electron chi connectivity index (χ2n) is 6.51. The van der Waals surface area contributed by atoms with Gasteiger partial charge >= 0.3 is 0 Å². The van der Waals surface area contributed by atoms with Crippen molar-refractivity contribution in [2.24, 2.45) is 5.92 Å². The summed E-state index contributed by atoms with van der Waals surface area (Å²) in [4.78, 5) is 9.36. The van der Waals surface area contributed by atoms with Crippen LogP contribution in [-0.2, 0) is 5.41 Å². The van der Waals surface area contributed by atoms with Gasteiger partial charge in [-0.25, -0.2) is 4.98 Å². The van der Waals surface area contributed by atoms with Crippen LogP contribution in [0.4, 0.5) is 5.13 Å². The van der Waals surface area contributed by atoms with Gasteiger partial charge in [-0.15, -0.1) is 0 Å². The first-order valence-electron chi connectivity index (χ1n) is 6.60. The summed E-state index contributed by atoms with van der Waals surface area (Å²) in [6.45, 7) is 9.91. The first-order chi connectivity index (χ1) is 8.36. The Hall–Kier alpha value is -0.680. The maximum Gasteiger partial charge on any atom is 0.205 e. The average molecular weight is 268 g/mol. The van der Waals surface area contributed by atoms with Crippen molar-refractivity contribution in [3.63, 3.8) is 0 Å². The van der Waals surface area contributed by atoms with E-state index in [-0.39, 0.29) is 5.41 Å². The van der Waals surface area contributed by atoms with Crippen LogP contribution in [0.1, 0.15) is 33.0 Å². The molecule has 0 spiro atoms. The highest BCUT2D eigenvalue weighted by Gasteiger charge is 2.27. The summed E-state index contributed by atoms with van der Waals surface area (Å²) in [5.74, 6) is 1.74. The van der Waals surface area contributed by atoms with Crippen molar-refractivity contribution in [3.8, 4) is 0 Å². The molecular formula is C13H24N4S. The molecule has 0 saturated carbocycles. The van der Waals surface area contributed by atoms with E-state index >= 15 is 0 Å². The van der Waals surface area contributed by atoms with E-state index < -0.39 is 0 Å². The topological polar surface area (TPSA) is 32.3 Å². The van der Waals surface area contributed by atoms with Crippen LogP contribution in [0.5, 0.6) is 0 Å². The van der Waals surface area contributed by atoms with Gasteiger partial charge in [0.25, 0.3) is 0 Å². The minimum atomic E-state index is 0.0531. The molecule has 102 valence electrons. The Labute approximate surface area is 114 Å². The maximum atomic E-state index is 4.70. The van der Waals surface area contributed by atoms with Gasteiger partial charge < -0.3 is 9.80 Å². The van der Waals surface area contributed by atoms with Crippen molar-refractivity contribution >= 4 is 16.7 Å². The second-order valence-corrected chi connectivity index (χ2v) is 7.24. The summed E-state index contributed by atoms with van der Waals surface area (Å²) in [5, 5.41) is 1.10. The van der Waals surface area contributed by atoms with Crippen LogP contribution in [0.15, 0.2) is 0 Å². The molecule has 1 aromatic rings. The summed E-state index contributed by atoms with van der Waals surface area (Å²) in [5.41, 5.74) is 0.0531. The largest absolute Gasteiger partial charge is 0.347 e. The van der Waals surface area contributed by atoms with Gasteiger partial charge in [-0.2, -0.15) is 4.37 Å². The fraction of sp³-hybridized carbons (Fsp3) is 0.846. The Kier molecular flexibility index (Phi) is 3.92. The molecule has 1 fully saturated rings. The summed E-state index contributed by atoms with van der Waals surface area (Å²) in [6.07, 6.45) is 1.27. The van der Waals surface area contributed by atoms with Crippen molar-refractivity contribution < 1.29 is 0 Å². The van der Waals surface area contributed by atoms with E-state index in [1.54, 1.807) is 11.5 Å². The molecule has 1 unspecified atom stereocenters. The van der Waals surface area contributed by atoms with E-state index in [9.17, 15) is 0 Å². The molecule has 4 nitrogen and oxygen atoms in total. The highest BCUT2D eigenvalue weighted by molar-refractivity contribution is 7.09. The van der Waals surface area contributed by atoms with Gasteiger partial charge in [0, 0.05) is 36.6 Å². The van der Waals surface area contributed by atoms with Crippen LogP contribution in [0.2, 0.25) is 0 Å². The molecule has 1 aliphatic heterocycles. The zero-order chi connectivity index (χ0) is 13.3. The smallest absolute Gasteiger partial charge is 0.205 e. The average Bonchev–Trinajstić information content (AvgIpc) is 2.81. The molecule has 2 rings (SSSR count). The maximum absolute atomic E-state index is 4.70. The predicted octanol–water partition coefficient (Wildman–Crippen LogP) is 2.22. The standard InChI is InChI=1S/C13H24N4S/c1-13(2,3)11-14-12(18-15-11)17-7-6-10(9-17)8-16(4)5/h10H,6-9H2,1-5H3. The van der Waals surface area contributed by atoms with Crippen LogP contribution in [0.25, 0.3) is 0 Å². The van der Waals surface area contributed by atoms with Gasteiger partial charge in [0.15, 0.2) is 0 Å². The fourth-order valence-electron chi connectivity index (χ4n) is 2.32. The molecule has 1 atom stereocenters. The molecule has 0 radical (unpaired) electrons. The molecule has 18 heavy (non-hydrogen) atoms. The highest BCUT2D eigenvalue weighted by Crippen LogP contribution is 2.29. The Morgan fingerprint density at radius 2 is 2.11 bits per heavy atom. The van der Waals surface area contributed by atoms with E-state index in [1.807, 2.05) is 0 Å².